The minimum absolute atomic E-state index is 0.191. The minimum atomic E-state index is -0.315. The second kappa shape index (κ2) is 9.23. The standard InChI is InChI=1S/C18H26O4/c1-5-6-7-12-17(19)21-15-10-8-9-11-16(15)22-18(20)14(4)13(2)3/h8-11,13-14H,5-7,12H2,1-4H3. The Morgan fingerprint density at radius 2 is 1.59 bits per heavy atom. The number of esters is 2. The van der Waals surface area contributed by atoms with Crippen molar-refractivity contribution < 1.29 is 19.1 Å². The van der Waals surface area contributed by atoms with Gasteiger partial charge < -0.3 is 9.47 Å². The Labute approximate surface area is 132 Å². The third kappa shape index (κ3) is 5.88. The van der Waals surface area contributed by atoms with E-state index >= 15 is 0 Å². The van der Waals surface area contributed by atoms with Gasteiger partial charge in [0, 0.05) is 6.42 Å². The van der Waals surface area contributed by atoms with Gasteiger partial charge in [0.05, 0.1) is 5.92 Å². The van der Waals surface area contributed by atoms with Crippen molar-refractivity contribution >= 4 is 11.9 Å². The molecule has 1 aromatic rings. The van der Waals surface area contributed by atoms with Gasteiger partial charge in [-0.2, -0.15) is 0 Å². The number of carbonyl (C=O) groups is 2. The first kappa shape index (κ1) is 18.2. The molecule has 1 unspecified atom stereocenters. The first-order valence-electron chi connectivity index (χ1n) is 7.97. The van der Waals surface area contributed by atoms with Gasteiger partial charge in [-0.05, 0) is 24.5 Å². The summed E-state index contributed by atoms with van der Waals surface area (Å²) in [5.41, 5.74) is 0. The monoisotopic (exact) mass is 306 g/mol. The highest BCUT2D eigenvalue weighted by atomic mass is 16.6. The Morgan fingerprint density at radius 1 is 1.00 bits per heavy atom. The van der Waals surface area contributed by atoms with Crippen LogP contribution in [0.3, 0.4) is 0 Å². The van der Waals surface area contributed by atoms with Crippen molar-refractivity contribution in [1.82, 2.24) is 0 Å². The number of carbonyl (C=O) groups excluding carboxylic acids is 2. The molecule has 0 amide bonds. The van der Waals surface area contributed by atoms with Crippen LogP contribution in [0.1, 0.15) is 53.4 Å². The highest BCUT2D eigenvalue weighted by Crippen LogP contribution is 2.28. The summed E-state index contributed by atoms with van der Waals surface area (Å²) in [5, 5.41) is 0. The molecule has 0 aromatic heterocycles. The van der Waals surface area contributed by atoms with Gasteiger partial charge in [0.2, 0.25) is 0 Å². The predicted molar refractivity (Wildman–Crippen MR) is 85.9 cm³/mol. The van der Waals surface area contributed by atoms with E-state index in [4.69, 9.17) is 9.47 Å². The van der Waals surface area contributed by atoms with Gasteiger partial charge in [0.15, 0.2) is 11.5 Å². The lowest BCUT2D eigenvalue weighted by Crippen LogP contribution is -2.22. The van der Waals surface area contributed by atoms with Crippen LogP contribution in [0, 0.1) is 11.8 Å². The molecule has 0 aliphatic rings. The van der Waals surface area contributed by atoms with Crippen molar-refractivity contribution in [1.29, 1.82) is 0 Å². The molecule has 0 aliphatic carbocycles. The Hall–Kier alpha value is -1.84. The molecule has 0 fully saturated rings. The number of benzene rings is 1. The minimum Gasteiger partial charge on any atom is -0.423 e. The average Bonchev–Trinajstić information content (AvgIpc) is 2.48. The van der Waals surface area contributed by atoms with Crippen LogP contribution in [-0.4, -0.2) is 11.9 Å². The third-order valence-corrected chi connectivity index (χ3v) is 3.64. The second-order valence-electron chi connectivity index (χ2n) is 5.83. The van der Waals surface area contributed by atoms with Crippen LogP contribution >= 0.6 is 0 Å². The first-order chi connectivity index (χ1) is 10.5. The zero-order valence-electron chi connectivity index (χ0n) is 13.9. The number of unbranched alkanes of at least 4 members (excludes halogenated alkanes) is 2. The molecule has 0 N–H and O–H groups in total. The maximum atomic E-state index is 12.0. The van der Waals surface area contributed by atoms with Gasteiger partial charge in [-0.25, -0.2) is 0 Å². The fourth-order valence-electron chi connectivity index (χ4n) is 1.79. The SMILES string of the molecule is CCCCCC(=O)Oc1ccccc1OC(=O)C(C)C(C)C. The van der Waals surface area contributed by atoms with E-state index in [0.717, 1.165) is 19.3 Å². The Morgan fingerprint density at radius 3 is 2.14 bits per heavy atom. The van der Waals surface area contributed by atoms with Crippen LogP contribution in [0.25, 0.3) is 0 Å². The summed E-state index contributed by atoms with van der Waals surface area (Å²) in [5.74, 6) is -0.0416. The summed E-state index contributed by atoms with van der Waals surface area (Å²) in [6, 6.07) is 6.77. The van der Waals surface area contributed by atoms with E-state index in [1.807, 2.05) is 20.8 Å². The van der Waals surface area contributed by atoms with Gasteiger partial charge in [-0.3, -0.25) is 9.59 Å². The van der Waals surface area contributed by atoms with E-state index < -0.39 is 0 Å². The number of rotatable bonds is 8. The summed E-state index contributed by atoms with van der Waals surface area (Å²) < 4.78 is 10.7. The van der Waals surface area contributed by atoms with Gasteiger partial charge in [-0.1, -0.05) is 52.7 Å². The highest BCUT2D eigenvalue weighted by molar-refractivity contribution is 5.77. The highest BCUT2D eigenvalue weighted by Gasteiger charge is 2.21. The fraction of sp³-hybridized carbons (Fsp3) is 0.556. The molecule has 0 radical (unpaired) electrons. The summed E-state index contributed by atoms with van der Waals surface area (Å²) in [7, 11) is 0. The molecule has 1 aromatic carbocycles. The van der Waals surface area contributed by atoms with Crippen molar-refractivity contribution in [2.24, 2.45) is 11.8 Å². The lowest BCUT2D eigenvalue weighted by Gasteiger charge is -2.15. The van der Waals surface area contributed by atoms with E-state index in [9.17, 15) is 9.59 Å². The maximum absolute atomic E-state index is 12.0. The molecule has 0 saturated heterocycles. The van der Waals surface area contributed by atoms with Crippen LogP contribution in [0.5, 0.6) is 11.5 Å². The van der Waals surface area contributed by atoms with Gasteiger partial charge in [0.1, 0.15) is 0 Å². The Bertz CT molecular complexity index is 494. The Kier molecular flexibility index (Phi) is 7.64. The van der Waals surface area contributed by atoms with Crippen molar-refractivity contribution in [3.05, 3.63) is 24.3 Å². The van der Waals surface area contributed by atoms with Crippen molar-refractivity contribution in [2.75, 3.05) is 0 Å². The van der Waals surface area contributed by atoms with Crippen LogP contribution < -0.4 is 9.47 Å². The molecule has 0 saturated carbocycles. The van der Waals surface area contributed by atoms with Crippen molar-refractivity contribution in [3.8, 4) is 11.5 Å². The first-order valence-corrected chi connectivity index (χ1v) is 7.97. The largest absolute Gasteiger partial charge is 0.423 e. The maximum Gasteiger partial charge on any atom is 0.314 e. The molecule has 122 valence electrons. The van der Waals surface area contributed by atoms with Crippen LogP contribution in [0.15, 0.2) is 24.3 Å². The number of para-hydroxylation sites is 2. The van der Waals surface area contributed by atoms with E-state index in [2.05, 4.69) is 6.92 Å². The topological polar surface area (TPSA) is 52.6 Å². The molecule has 0 aliphatic heterocycles. The average molecular weight is 306 g/mol. The zero-order valence-corrected chi connectivity index (χ0v) is 13.9. The normalized spacial score (nSPS) is 12.0. The molecule has 4 nitrogen and oxygen atoms in total. The van der Waals surface area contributed by atoms with Crippen LogP contribution in [0.4, 0.5) is 0 Å². The van der Waals surface area contributed by atoms with E-state index in [1.54, 1.807) is 24.3 Å². The van der Waals surface area contributed by atoms with E-state index in [1.165, 1.54) is 0 Å². The number of hydrogen-bond acceptors (Lipinski definition) is 4. The molecule has 0 spiro atoms. The summed E-state index contributed by atoms with van der Waals surface area (Å²) in [6.45, 7) is 7.83. The number of ether oxygens (including phenoxy) is 2. The third-order valence-electron chi connectivity index (χ3n) is 3.64. The molecule has 1 atom stereocenters. The van der Waals surface area contributed by atoms with Gasteiger partial charge in [-0.15, -0.1) is 0 Å². The smallest absolute Gasteiger partial charge is 0.314 e. The van der Waals surface area contributed by atoms with Crippen molar-refractivity contribution in [3.63, 3.8) is 0 Å². The van der Waals surface area contributed by atoms with E-state index in [-0.39, 0.29) is 23.8 Å². The van der Waals surface area contributed by atoms with Crippen LogP contribution in [0.2, 0.25) is 0 Å². The molecular formula is C18H26O4. The van der Waals surface area contributed by atoms with Crippen LogP contribution in [-0.2, 0) is 9.59 Å². The number of hydrogen-bond donors (Lipinski definition) is 0. The molecule has 0 heterocycles. The summed E-state index contributed by atoms with van der Waals surface area (Å²) in [4.78, 5) is 23.8. The predicted octanol–water partition coefficient (Wildman–Crippen LogP) is 4.37. The lowest BCUT2D eigenvalue weighted by molar-refractivity contribution is -0.141. The lowest BCUT2D eigenvalue weighted by atomic mass is 9.99. The summed E-state index contributed by atoms with van der Waals surface area (Å²) in [6.07, 6.45) is 3.23. The summed E-state index contributed by atoms with van der Waals surface area (Å²) >= 11 is 0. The zero-order chi connectivity index (χ0) is 16.5. The fourth-order valence-corrected chi connectivity index (χ4v) is 1.79. The van der Waals surface area contributed by atoms with E-state index in [0.29, 0.717) is 17.9 Å². The molecule has 0 bridgehead atoms. The molecule has 4 heteroatoms. The Balaban J connectivity index is 2.69. The van der Waals surface area contributed by atoms with Crippen molar-refractivity contribution in [2.45, 2.75) is 53.4 Å². The molecule has 22 heavy (non-hydrogen) atoms. The molecule has 1 rings (SSSR count). The molecular weight excluding hydrogens is 280 g/mol. The quantitative estimate of drug-likeness (QED) is 0.406. The second-order valence-corrected chi connectivity index (χ2v) is 5.83. The van der Waals surface area contributed by atoms with Gasteiger partial charge >= 0.3 is 11.9 Å². The van der Waals surface area contributed by atoms with Gasteiger partial charge in [0.25, 0.3) is 0 Å².